The molecule has 4 nitrogen and oxygen atoms in total. The van der Waals surface area contributed by atoms with E-state index in [0.29, 0.717) is 21.2 Å². The molecule has 2 amide bonds. The smallest absolute Gasteiger partial charge is 0.242 e. The summed E-state index contributed by atoms with van der Waals surface area (Å²) in [7, 11) is 0. The topological polar surface area (TPSA) is 49.4 Å². The molecule has 0 radical (unpaired) electrons. The molecule has 2 aromatic rings. The number of nitrogens with zero attached hydrogens (tertiary/aromatic N) is 1. The molecule has 0 bridgehead atoms. The summed E-state index contributed by atoms with van der Waals surface area (Å²) in [5.41, 5.74) is 0.931. The number of nitrogens with one attached hydrogen (secondary N) is 1. The van der Waals surface area contributed by atoms with Crippen molar-refractivity contribution in [2.24, 2.45) is 0 Å². The quantitative estimate of drug-likeness (QED) is 0.629. The van der Waals surface area contributed by atoms with Gasteiger partial charge in [0.25, 0.3) is 0 Å². The van der Waals surface area contributed by atoms with Crippen LogP contribution in [-0.2, 0) is 22.6 Å². The lowest BCUT2D eigenvalue weighted by Crippen LogP contribution is -2.50. The molecule has 0 aliphatic heterocycles. The average molecular weight is 439 g/mol. The molecule has 2 aromatic carbocycles. The minimum Gasteiger partial charge on any atom is -0.352 e. The number of amides is 2. The van der Waals surface area contributed by atoms with Crippen LogP contribution in [0.15, 0.2) is 42.5 Å². The molecule has 0 saturated heterocycles. The normalized spacial score (nSPS) is 12.9. The summed E-state index contributed by atoms with van der Waals surface area (Å²) < 4.78 is 14.2. The first kappa shape index (κ1) is 23.2. The molecule has 7 heteroatoms. The van der Waals surface area contributed by atoms with Gasteiger partial charge in [-0.1, -0.05) is 54.4 Å². The molecule has 2 rings (SSSR count). The average Bonchev–Trinajstić information content (AvgIpc) is 2.68. The maximum absolute atomic E-state index is 14.2. The van der Waals surface area contributed by atoms with Crippen LogP contribution in [-0.4, -0.2) is 28.8 Å². The number of benzene rings is 2. The number of halogens is 3. The van der Waals surface area contributed by atoms with Crippen LogP contribution in [0, 0.1) is 5.82 Å². The van der Waals surface area contributed by atoms with Crippen molar-refractivity contribution in [3.8, 4) is 0 Å². The monoisotopic (exact) mass is 438 g/mol. The molecular formula is C22H25Cl2FN2O2. The summed E-state index contributed by atoms with van der Waals surface area (Å²) in [6.45, 7) is 5.47. The van der Waals surface area contributed by atoms with Crippen molar-refractivity contribution in [1.82, 2.24) is 10.2 Å². The fourth-order valence-corrected chi connectivity index (χ4v) is 3.26. The van der Waals surface area contributed by atoms with Crippen LogP contribution in [0.3, 0.4) is 0 Å². The van der Waals surface area contributed by atoms with E-state index >= 15 is 0 Å². The number of hydrogen-bond donors (Lipinski definition) is 1. The summed E-state index contributed by atoms with van der Waals surface area (Å²) >= 11 is 12.1. The Morgan fingerprint density at radius 1 is 1.10 bits per heavy atom. The molecule has 0 saturated carbocycles. The van der Waals surface area contributed by atoms with E-state index in [0.717, 1.165) is 6.42 Å². The second kappa shape index (κ2) is 10.6. The highest BCUT2D eigenvalue weighted by atomic mass is 35.5. The molecule has 29 heavy (non-hydrogen) atoms. The Kier molecular flexibility index (Phi) is 8.47. The van der Waals surface area contributed by atoms with Crippen molar-refractivity contribution < 1.29 is 14.0 Å². The molecule has 156 valence electrons. The zero-order valence-electron chi connectivity index (χ0n) is 16.7. The maximum Gasteiger partial charge on any atom is 0.242 e. The largest absolute Gasteiger partial charge is 0.352 e. The maximum atomic E-state index is 14.2. The van der Waals surface area contributed by atoms with Crippen molar-refractivity contribution in [3.05, 3.63) is 69.5 Å². The third kappa shape index (κ3) is 6.44. The number of rotatable bonds is 8. The van der Waals surface area contributed by atoms with Gasteiger partial charge in [0.2, 0.25) is 11.8 Å². The van der Waals surface area contributed by atoms with Gasteiger partial charge in [0.1, 0.15) is 11.9 Å². The van der Waals surface area contributed by atoms with Crippen molar-refractivity contribution in [1.29, 1.82) is 0 Å². The van der Waals surface area contributed by atoms with Crippen molar-refractivity contribution >= 4 is 35.0 Å². The Morgan fingerprint density at radius 2 is 1.79 bits per heavy atom. The number of hydrogen-bond acceptors (Lipinski definition) is 2. The Morgan fingerprint density at radius 3 is 2.41 bits per heavy atom. The van der Waals surface area contributed by atoms with Gasteiger partial charge in [-0.15, -0.1) is 0 Å². The van der Waals surface area contributed by atoms with E-state index in [9.17, 15) is 14.0 Å². The van der Waals surface area contributed by atoms with Crippen molar-refractivity contribution in [2.75, 3.05) is 0 Å². The highest BCUT2D eigenvalue weighted by Gasteiger charge is 2.28. The number of carbonyl (C=O) groups is 2. The van der Waals surface area contributed by atoms with Gasteiger partial charge in [-0.2, -0.15) is 0 Å². The van der Waals surface area contributed by atoms with E-state index in [1.807, 2.05) is 13.8 Å². The molecule has 0 spiro atoms. The summed E-state index contributed by atoms with van der Waals surface area (Å²) in [5.74, 6) is -1.04. The molecule has 1 N–H and O–H groups in total. The molecule has 2 atom stereocenters. The Balaban J connectivity index is 2.28. The van der Waals surface area contributed by atoms with Gasteiger partial charge < -0.3 is 10.2 Å². The van der Waals surface area contributed by atoms with Gasteiger partial charge in [-0.3, -0.25) is 9.59 Å². The van der Waals surface area contributed by atoms with E-state index in [2.05, 4.69) is 5.32 Å². The van der Waals surface area contributed by atoms with Crippen molar-refractivity contribution in [2.45, 2.75) is 52.2 Å². The van der Waals surface area contributed by atoms with Crippen LogP contribution in [0.2, 0.25) is 10.0 Å². The standard InChI is InChI=1S/C22H25Cl2FN2O2/c1-4-14(2)26-22(29)15(3)27(13-17-7-5-6-8-20(17)25)21(28)11-16-9-10-18(23)12-19(16)24/h5-10,12,14-15H,4,11,13H2,1-3H3,(H,26,29). The predicted octanol–water partition coefficient (Wildman–Crippen LogP) is 5.01. The summed E-state index contributed by atoms with van der Waals surface area (Å²) in [6, 6.07) is 10.3. The Hall–Kier alpha value is -2.11. The first-order chi connectivity index (χ1) is 13.7. The van der Waals surface area contributed by atoms with E-state index < -0.39 is 11.9 Å². The Labute approximate surface area is 181 Å². The Bertz CT molecular complexity index is 876. The first-order valence-electron chi connectivity index (χ1n) is 9.50. The van der Waals surface area contributed by atoms with Crippen molar-refractivity contribution in [3.63, 3.8) is 0 Å². The summed E-state index contributed by atoms with van der Waals surface area (Å²) in [5, 5.41) is 3.71. The number of carbonyl (C=O) groups excluding carboxylic acids is 2. The van der Waals surface area contributed by atoms with E-state index in [1.165, 1.54) is 11.0 Å². The minimum absolute atomic E-state index is 0.0220. The van der Waals surface area contributed by atoms with Gasteiger partial charge >= 0.3 is 0 Å². The molecule has 0 aliphatic rings. The lowest BCUT2D eigenvalue weighted by molar-refractivity contribution is -0.140. The van der Waals surface area contributed by atoms with E-state index in [1.54, 1.807) is 43.3 Å². The van der Waals surface area contributed by atoms with Crippen LogP contribution in [0.4, 0.5) is 4.39 Å². The van der Waals surface area contributed by atoms with E-state index in [4.69, 9.17) is 23.2 Å². The molecule has 0 aromatic heterocycles. The van der Waals surface area contributed by atoms with Crippen LogP contribution in [0.25, 0.3) is 0 Å². The highest BCUT2D eigenvalue weighted by molar-refractivity contribution is 6.35. The summed E-state index contributed by atoms with van der Waals surface area (Å²) in [4.78, 5) is 27.1. The van der Waals surface area contributed by atoms with Crippen LogP contribution in [0.5, 0.6) is 0 Å². The van der Waals surface area contributed by atoms with Gasteiger partial charge in [-0.25, -0.2) is 4.39 Å². The highest BCUT2D eigenvalue weighted by Crippen LogP contribution is 2.23. The zero-order valence-corrected chi connectivity index (χ0v) is 18.2. The molecule has 0 heterocycles. The first-order valence-corrected chi connectivity index (χ1v) is 10.3. The second-order valence-electron chi connectivity index (χ2n) is 7.02. The second-order valence-corrected chi connectivity index (χ2v) is 7.86. The van der Waals surface area contributed by atoms with Crippen LogP contribution >= 0.6 is 23.2 Å². The fraction of sp³-hybridized carbons (Fsp3) is 0.364. The van der Waals surface area contributed by atoms with Gasteiger partial charge in [0.15, 0.2) is 0 Å². The third-order valence-electron chi connectivity index (χ3n) is 4.82. The SMILES string of the molecule is CCC(C)NC(=O)C(C)N(Cc1ccccc1F)C(=O)Cc1ccc(Cl)cc1Cl. The zero-order chi connectivity index (χ0) is 21.6. The minimum atomic E-state index is -0.776. The lowest BCUT2D eigenvalue weighted by atomic mass is 10.1. The van der Waals surface area contributed by atoms with Crippen LogP contribution < -0.4 is 5.32 Å². The summed E-state index contributed by atoms with van der Waals surface area (Å²) in [6.07, 6.45) is 0.742. The van der Waals surface area contributed by atoms with Gasteiger partial charge in [0, 0.05) is 28.2 Å². The predicted molar refractivity (Wildman–Crippen MR) is 114 cm³/mol. The molecule has 0 aliphatic carbocycles. The lowest BCUT2D eigenvalue weighted by Gasteiger charge is -2.30. The molecular weight excluding hydrogens is 414 g/mol. The van der Waals surface area contributed by atoms with Crippen LogP contribution in [0.1, 0.15) is 38.3 Å². The third-order valence-corrected chi connectivity index (χ3v) is 5.41. The fourth-order valence-electron chi connectivity index (χ4n) is 2.79. The van der Waals surface area contributed by atoms with E-state index in [-0.39, 0.29) is 30.8 Å². The van der Waals surface area contributed by atoms with Gasteiger partial charge in [-0.05, 0) is 44.0 Å². The van der Waals surface area contributed by atoms with Gasteiger partial charge in [0.05, 0.1) is 6.42 Å². The molecule has 2 unspecified atom stereocenters. The molecule has 0 fully saturated rings.